The summed E-state index contributed by atoms with van der Waals surface area (Å²) >= 11 is 0. The van der Waals surface area contributed by atoms with Gasteiger partial charge in [0.2, 0.25) is 0 Å². The Morgan fingerprint density at radius 2 is 1.94 bits per heavy atom. The number of nitrogens with two attached hydrogens (primary N) is 1. The molecule has 0 aliphatic heterocycles. The van der Waals surface area contributed by atoms with Crippen LogP contribution in [0.3, 0.4) is 0 Å². The maximum absolute atomic E-state index is 6.36. The molecule has 1 aliphatic rings. The number of hydrogen-bond donors (Lipinski definition) is 1. The lowest BCUT2D eigenvalue weighted by Crippen LogP contribution is -2.43. The minimum atomic E-state index is 0.396. The lowest BCUT2D eigenvalue weighted by atomic mass is 9.65. The van der Waals surface area contributed by atoms with Crippen LogP contribution in [0.1, 0.15) is 59.3 Å². The van der Waals surface area contributed by atoms with Crippen molar-refractivity contribution in [3.8, 4) is 0 Å². The molecule has 1 fully saturated rings. The molecule has 17 heavy (non-hydrogen) atoms. The van der Waals surface area contributed by atoms with E-state index < -0.39 is 0 Å². The van der Waals surface area contributed by atoms with E-state index in [1.54, 1.807) is 7.11 Å². The summed E-state index contributed by atoms with van der Waals surface area (Å²) in [5.41, 5.74) is 6.76. The van der Waals surface area contributed by atoms with Gasteiger partial charge < -0.3 is 10.5 Å². The summed E-state index contributed by atoms with van der Waals surface area (Å²) in [6.45, 7) is 8.03. The fourth-order valence-electron chi connectivity index (χ4n) is 3.41. The Kier molecular flexibility index (Phi) is 5.94. The monoisotopic (exact) mass is 241 g/mol. The molecule has 2 N–H and O–H groups in total. The molecule has 0 spiro atoms. The predicted octanol–water partition coefficient (Wildman–Crippen LogP) is 3.59. The van der Waals surface area contributed by atoms with E-state index in [4.69, 9.17) is 10.5 Å². The van der Waals surface area contributed by atoms with Crippen molar-refractivity contribution in [3.05, 3.63) is 0 Å². The van der Waals surface area contributed by atoms with Crippen LogP contribution in [0.5, 0.6) is 0 Å². The molecule has 0 amide bonds. The van der Waals surface area contributed by atoms with Gasteiger partial charge in [-0.05, 0) is 42.9 Å². The summed E-state index contributed by atoms with van der Waals surface area (Å²) in [5, 5.41) is 0. The van der Waals surface area contributed by atoms with Gasteiger partial charge in [0.15, 0.2) is 0 Å². The van der Waals surface area contributed by atoms with Crippen LogP contribution in [0.25, 0.3) is 0 Å². The Bertz CT molecular complexity index is 215. The van der Waals surface area contributed by atoms with E-state index in [0.29, 0.717) is 17.4 Å². The van der Waals surface area contributed by atoms with Crippen molar-refractivity contribution in [2.75, 3.05) is 13.7 Å². The lowest BCUT2D eigenvalue weighted by molar-refractivity contribution is 0.0981. The molecule has 1 rings (SSSR count). The van der Waals surface area contributed by atoms with Gasteiger partial charge in [0, 0.05) is 19.8 Å². The highest BCUT2D eigenvalue weighted by Crippen LogP contribution is 2.42. The summed E-state index contributed by atoms with van der Waals surface area (Å²) in [6, 6.07) is 0.413. The van der Waals surface area contributed by atoms with Crippen molar-refractivity contribution in [2.45, 2.75) is 65.3 Å². The normalized spacial score (nSPS) is 30.5. The summed E-state index contributed by atoms with van der Waals surface area (Å²) in [6.07, 6.45) is 7.62. The largest absolute Gasteiger partial charge is 0.385 e. The number of ether oxygens (including phenoxy) is 1. The maximum Gasteiger partial charge on any atom is 0.0462 e. The van der Waals surface area contributed by atoms with Gasteiger partial charge in [-0.1, -0.05) is 33.6 Å². The van der Waals surface area contributed by atoms with Crippen molar-refractivity contribution in [2.24, 2.45) is 23.0 Å². The molecule has 3 unspecified atom stereocenters. The summed E-state index contributed by atoms with van der Waals surface area (Å²) in [7, 11) is 1.78. The molecule has 0 saturated heterocycles. The molecule has 0 heterocycles. The molecule has 0 radical (unpaired) electrons. The van der Waals surface area contributed by atoms with E-state index in [0.717, 1.165) is 12.5 Å². The molecule has 3 atom stereocenters. The van der Waals surface area contributed by atoms with E-state index in [1.165, 1.54) is 38.5 Å². The van der Waals surface area contributed by atoms with Crippen LogP contribution in [0.4, 0.5) is 0 Å². The van der Waals surface area contributed by atoms with Gasteiger partial charge in [-0.15, -0.1) is 0 Å². The van der Waals surface area contributed by atoms with Gasteiger partial charge in [-0.2, -0.15) is 0 Å². The second kappa shape index (κ2) is 6.75. The second-order valence-corrected chi connectivity index (χ2v) is 6.63. The molecule has 102 valence electrons. The smallest absolute Gasteiger partial charge is 0.0462 e. The molecule has 0 aromatic heterocycles. The van der Waals surface area contributed by atoms with Crippen molar-refractivity contribution < 1.29 is 4.74 Å². The van der Waals surface area contributed by atoms with Crippen LogP contribution in [0.2, 0.25) is 0 Å². The third-order valence-electron chi connectivity index (χ3n) is 4.59. The average molecular weight is 241 g/mol. The topological polar surface area (TPSA) is 35.2 Å². The van der Waals surface area contributed by atoms with Crippen molar-refractivity contribution >= 4 is 0 Å². The quantitative estimate of drug-likeness (QED) is 0.721. The van der Waals surface area contributed by atoms with Crippen LogP contribution in [0, 0.1) is 17.3 Å². The Labute approximate surface area is 107 Å². The van der Waals surface area contributed by atoms with Gasteiger partial charge in [-0.3, -0.25) is 0 Å². The van der Waals surface area contributed by atoms with Crippen LogP contribution in [-0.4, -0.2) is 19.8 Å². The van der Waals surface area contributed by atoms with Crippen LogP contribution >= 0.6 is 0 Å². The van der Waals surface area contributed by atoms with Crippen molar-refractivity contribution in [3.63, 3.8) is 0 Å². The third-order valence-corrected chi connectivity index (χ3v) is 4.59. The Morgan fingerprint density at radius 3 is 2.53 bits per heavy atom. The molecular formula is C15H31NO. The van der Waals surface area contributed by atoms with E-state index in [-0.39, 0.29) is 0 Å². The van der Waals surface area contributed by atoms with E-state index in [2.05, 4.69) is 20.8 Å². The van der Waals surface area contributed by atoms with E-state index >= 15 is 0 Å². The SMILES string of the molecule is COCCCCC(C)(C)C1CCC(C)CC1N. The summed E-state index contributed by atoms with van der Waals surface area (Å²) in [5.74, 6) is 1.53. The third kappa shape index (κ3) is 4.59. The minimum absolute atomic E-state index is 0.396. The van der Waals surface area contributed by atoms with Gasteiger partial charge >= 0.3 is 0 Å². The highest BCUT2D eigenvalue weighted by molar-refractivity contribution is 4.90. The van der Waals surface area contributed by atoms with Crippen LogP contribution < -0.4 is 5.73 Å². The second-order valence-electron chi connectivity index (χ2n) is 6.63. The number of hydrogen-bond acceptors (Lipinski definition) is 2. The zero-order chi connectivity index (χ0) is 12.9. The highest BCUT2D eigenvalue weighted by Gasteiger charge is 2.36. The molecule has 1 aliphatic carbocycles. The van der Waals surface area contributed by atoms with Gasteiger partial charge in [-0.25, -0.2) is 0 Å². The van der Waals surface area contributed by atoms with Gasteiger partial charge in [0.05, 0.1) is 0 Å². The van der Waals surface area contributed by atoms with Gasteiger partial charge in [0.1, 0.15) is 0 Å². The van der Waals surface area contributed by atoms with Crippen LogP contribution in [-0.2, 0) is 4.74 Å². The number of methoxy groups -OCH3 is 1. The zero-order valence-electron chi connectivity index (χ0n) is 12.2. The summed E-state index contributed by atoms with van der Waals surface area (Å²) < 4.78 is 5.11. The van der Waals surface area contributed by atoms with Crippen molar-refractivity contribution in [1.29, 1.82) is 0 Å². The Balaban J connectivity index is 2.40. The predicted molar refractivity (Wildman–Crippen MR) is 74.0 cm³/mol. The molecule has 1 saturated carbocycles. The number of unbranched alkanes of at least 4 members (excludes halogenated alkanes) is 1. The molecule has 0 bridgehead atoms. The first kappa shape index (κ1) is 15.0. The summed E-state index contributed by atoms with van der Waals surface area (Å²) in [4.78, 5) is 0. The lowest BCUT2D eigenvalue weighted by Gasteiger charge is -2.43. The first-order chi connectivity index (χ1) is 7.97. The fraction of sp³-hybridized carbons (Fsp3) is 1.00. The number of rotatable bonds is 6. The Morgan fingerprint density at radius 1 is 1.24 bits per heavy atom. The first-order valence-corrected chi connectivity index (χ1v) is 7.22. The highest BCUT2D eigenvalue weighted by atomic mass is 16.5. The molecular weight excluding hydrogens is 210 g/mol. The average Bonchev–Trinajstić information content (AvgIpc) is 2.24. The van der Waals surface area contributed by atoms with Crippen LogP contribution in [0.15, 0.2) is 0 Å². The van der Waals surface area contributed by atoms with Gasteiger partial charge in [0.25, 0.3) is 0 Å². The minimum Gasteiger partial charge on any atom is -0.385 e. The van der Waals surface area contributed by atoms with E-state index in [1.807, 2.05) is 0 Å². The first-order valence-electron chi connectivity index (χ1n) is 7.22. The fourth-order valence-corrected chi connectivity index (χ4v) is 3.41. The van der Waals surface area contributed by atoms with E-state index in [9.17, 15) is 0 Å². The Hall–Kier alpha value is -0.0800. The molecule has 0 aromatic rings. The molecule has 2 nitrogen and oxygen atoms in total. The zero-order valence-corrected chi connectivity index (χ0v) is 12.2. The maximum atomic E-state index is 6.36. The molecule has 2 heteroatoms. The standard InChI is InChI=1S/C15H31NO/c1-12-7-8-13(14(16)11-12)15(2,3)9-5-6-10-17-4/h12-14H,5-11,16H2,1-4H3. The molecule has 0 aromatic carbocycles. The van der Waals surface area contributed by atoms with Crippen molar-refractivity contribution in [1.82, 2.24) is 0 Å².